The van der Waals surface area contributed by atoms with E-state index in [0.717, 1.165) is 0 Å². The minimum absolute atomic E-state index is 0.171. The Kier molecular flexibility index (Phi) is 1.38. The van der Waals surface area contributed by atoms with Crippen molar-refractivity contribution in [3.63, 3.8) is 0 Å². The Morgan fingerprint density at radius 2 is 0.920 bits per heavy atom. The van der Waals surface area contributed by atoms with Crippen LogP contribution in [0.4, 0.5) is 0 Å². The van der Waals surface area contributed by atoms with E-state index in [1.165, 1.54) is 0 Å². The quantitative estimate of drug-likeness (QED) is 0.383. The predicted octanol–water partition coefficient (Wildman–Crippen LogP) is -0.126. The Morgan fingerprint density at radius 1 is 0.600 bits per heavy atom. The van der Waals surface area contributed by atoms with Crippen LogP contribution in [0.3, 0.4) is 0 Å². The van der Waals surface area contributed by atoms with Gasteiger partial charge in [-0.25, -0.2) is 0 Å². The van der Waals surface area contributed by atoms with Crippen LogP contribution in [0, 0.1) is 98.6 Å². The first-order valence-electron chi connectivity index (χ1n) is 8.31. The Bertz CT molecular complexity index is 820. The van der Waals surface area contributed by atoms with E-state index in [4.69, 9.17) is 0 Å². The molecule has 0 aromatic carbocycles. The van der Waals surface area contributed by atoms with Crippen LogP contribution in [-0.2, 0) is 0 Å². The summed E-state index contributed by atoms with van der Waals surface area (Å²) in [5.74, 6) is -3.73. The lowest BCUT2D eigenvalue weighted by Crippen LogP contribution is -3.14. The predicted molar refractivity (Wildman–Crippen MR) is 70.8 cm³/mol. The lowest BCUT2D eigenvalue weighted by atomic mass is 8.95. The van der Waals surface area contributed by atoms with E-state index in [1.807, 2.05) is 0 Å². The van der Waals surface area contributed by atoms with Gasteiger partial charge < -0.3 is 0 Å². The Hall–Kier alpha value is -2.40. The summed E-state index contributed by atoms with van der Waals surface area (Å²) < 4.78 is 0. The highest BCUT2D eigenvalue weighted by Crippen LogP contribution is 3.14. The standard InChI is InChI=1S/C13H10N4O8/c18-14(19)12(15(20)21)6-2-1-3-5-4(2)10(6)8(12)9-11(5,10)7(3)13(9,16(22)23)17(24)25/h2-9H,1H2. The van der Waals surface area contributed by atoms with Gasteiger partial charge in [0, 0.05) is 10.8 Å². The molecule has 7 aliphatic carbocycles. The number of hydrogen-bond acceptors (Lipinski definition) is 8. The van der Waals surface area contributed by atoms with E-state index in [9.17, 15) is 40.5 Å². The van der Waals surface area contributed by atoms with Crippen molar-refractivity contribution in [3.05, 3.63) is 40.5 Å². The molecule has 7 saturated carbocycles. The third-order valence-electron chi connectivity index (χ3n) is 9.96. The van der Waals surface area contributed by atoms with Crippen LogP contribution >= 0.6 is 0 Å². The van der Waals surface area contributed by atoms with Crippen molar-refractivity contribution in [2.45, 2.75) is 17.7 Å². The topological polar surface area (TPSA) is 173 Å². The summed E-state index contributed by atoms with van der Waals surface area (Å²) in [5, 5.41) is 47.1. The molecule has 12 nitrogen and oxygen atoms in total. The summed E-state index contributed by atoms with van der Waals surface area (Å²) in [6, 6.07) is 0. The first kappa shape index (κ1) is 12.9. The molecule has 7 aliphatic rings. The Morgan fingerprint density at radius 3 is 1.20 bits per heavy atom. The van der Waals surface area contributed by atoms with Crippen LogP contribution in [0.5, 0.6) is 0 Å². The average molecular weight is 350 g/mol. The molecule has 2 spiro atoms. The lowest BCUT2D eigenvalue weighted by Gasteiger charge is -3.02. The maximum absolute atomic E-state index is 11.8. The van der Waals surface area contributed by atoms with Crippen LogP contribution in [0.1, 0.15) is 6.42 Å². The molecule has 0 aromatic heterocycles. The van der Waals surface area contributed by atoms with Gasteiger partial charge in [0.1, 0.15) is 23.7 Å². The van der Waals surface area contributed by atoms with Crippen molar-refractivity contribution in [3.8, 4) is 0 Å². The fourth-order valence-corrected chi connectivity index (χ4v) is 10.6. The maximum Gasteiger partial charge on any atom is 0.466 e. The van der Waals surface area contributed by atoms with Gasteiger partial charge in [-0.05, 0) is 30.1 Å². The van der Waals surface area contributed by atoms with Crippen molar-refractivity contribution in [2.75, 3.05) is 0 Å². The number of hydrogen-bond donors (Lipinski definition) is 0. The van der Waals surface area contributed by atoms with E-state index >= 15 is 0 Å². The summed E-state index contributed by atoms with van der Waals surface area (Å²) in [6.07, 6.45) is 0.431. The van der Waals surface area contributed by atoms with Gasteiger partial charge in [-0.2, -0.15) is 0 Å². The molecule has 0 amide bonds. The summed E-state index contributed by atoms with van der Waals surface area (Å²) in [4.78, 5) is 43.5. The van der Waals surface area contributed by atoms with Crippen molar-refractivity contribution in [2.24, 2.45) is 58.2 Å². The van der Waals surface area contributed by atoms with Gasteiger partial charge in [-0.3, -0.25) is 40.5 Å². The molecule has 7 rings (SSSR count). The van der Waals surface area contributed by atoms with Gasteiger partial charge in [-0.1, -0.05) is 0 Å². The second-order valence-corrected chi connectivity index (χ2v) is 8.99. The molecule has 10 atom stereocenters. The zero-order valence-electron chi connectivity index (χ0n) is 12.4. The monoisotopic (exact) mass is 350 g/mol. The van der Waals surface area contributed by atoms with Crippen LogP contribution < -0.4 is 0 Å². The molecule has 0 bridgehead atoms. The Labute approximate surface area is 137 Å². The van der Waals surface area contributed by atoms with Gasteiger partial charge in [0.15, 0.2) is 0 Å². The molecular formula is C13H10N4O8. The molecule has 10 unspecified atom stereocenters. The molecule has 7 fully saturated rings. The highest BCUT2D eigenvalue weighted by Gasteiger charge is 3.26. The van der Waals surface area contributed by atoms with Crippen LogP contribution in [-0.4, -0.2) is 31.0 Å². The summed E-state index contributed by atoms with van der Waals surface area (Å²) in [6.45, 7) is 0. The van der Waals surface area contributed by atoms with Gasteiger partial charge in [0.05, 0.1) is 19.7 Å². The summed E-state index contributed by atoms with van der Waals surface area (Å²) >= 11 is 0. The van der Waals surface area contributed by atoms with E-state index in [2.05, 4.69) is 0 Å². The molecule has 130 valence electrons. The molecule has 0 aromatic rings. The molecule has 0 saturated heterocycles. The number of rotatable bonds is 4. The second-order valence-electron chi connectivity index (χ2n) is 8.99. The van der Waals surface area contributed by atoms with Crippen molar-refractivity contribution in [1.82, 2.24) is 0 Å². The zero-order valence-corrected chi connectivity index (χ0v) is 12.4. The van der Waals surface area contributed by atoms with Crippen LogP contribution in [0.15, 0.2) is 0 Å². The average Bonchev–Trinajstić information content (AvgIpc) is 2.64. The van der Waals surface area contributed by atoms with Gasteiger partial charge >= 0.3 is 11.3 Å². The van der Waals surface area contributed by atoms with Crippen molar-refractivity contribution >= 4 is 0 Å². The lowest BCUT2D eigenvalue weighted by molar-refractivity contribution is -0.945. The molecule has 0 radical (unpaired) electrons. The fraction of sp³-hybridized carbons (Fsp3) is 1.00. The summed E-state index contributed by atoms with van der Waals surface area (Å²) in [5.41, 5.74) is -6.11. The number of nitro groups is 4. The normalized spacial score (nSPS) is 62.1. The van der Waals surface area contributed by atoms with Crippen molar-refractivity contribution < 1.29 is 19.7 Å². The largest absolute Gasteiger partial charge is 0.466 e. The SMILES string of the molecule is O=[N+]([O-])C1([N+](=O)[O-])C2C3CC4C5C3C23C1C1C([N+](=O)[O-])([N+](=O)[O-])C4C513. The molecule has 25 heavy (non-hydrogen) atoms. The maximum atomic E-state index is 11.8. The van der Waals surface area contributed by atoms with Crippen LogP contribution in [0.2, 0.25) is 0 Å². The van der Waals surface area contributed by atoms with E-state index in [-0.39, 0.29) is 23.7 Å². The highest BCUT2D eigenvalue weighted by molar-refractivity contribution is 5.59. The molecule has 0 N–H and O–H groups in total. The van der Waals surface area contributed by atoms with E-state index in [0.29, 0.717) is 6.42 Å². The van der Waals surface area contributed by atoms with E-state index in [1.54, 1.807) is 0 Å². The van der Waals surface area contributed by atoms with Gasteiger partial charge in [-0.15, -0.1) is 0 Å². The van der Waals surface area contributed by atoms with E-state index < -0.39 is 65.5 Å². The third kappa shape index (κ3) is 0.590. The van der Waals surface area contributed by atoms with Gasteiger partial charge in [0.2, 0.25) is 0 Å². The zero-order chi connectivity index (χ0) is 17.6. The molecule has 0 aliphatic heterocycles. The molecule has 0 heterocycles. The Balaban J connectivity index is 1.52. The first-order chi connectivity index (χ1) is 11.7. The minimum atomic E-state index is -2.47. The highest BCUT2D eigenvalue weighted by atomic mass is 16.7. The smallest absolute Gasteiger partial charge is 0.258 e. The summed E-state index contributed by atoms with van der Waals surface area (Å²) in [7, 11) is 0. The third-order valence-corrected chi connectivity index (χ3v) is 9.96. The molecular weight excluding hydrogens is 340 g/mol. The fourth-order valence-electron chi connectivity index (χ4n) is 10.6. The second kappa shape index (κ2) is 2.67. The number of fused-ring (bicyclic) bond motifs is 3. The first-order valence-corrected chi connectivity index (χ1v) is 8.31. The molecule has 12 heteroatoms. The number of nitrogens with zero attached hydrogens (tertiary/aromatic N) is 4. The van der Waals surface area contributed by atoms with Crippen LogP contribution in [0.25, 0.3) is 0 Å². The van der Waals surface area contributed by atoms with Crippen molar-refractivity contribution in [1.29, 1.82) is 0 Å². The van der Waals surface area contributed by atoms with Gasteiger partial charge in [0.25, 0.3) is 0 Å². The minimum Gasteiger partial charge on any atom is -0.258 e.